The molecule has 0 atom stereocenters. The summed E-state index contributed by atoms with van der Waals surface area (Å²) in [4.78, 5) is 16.7. The zero-order valence-electron chi connectivity index (χ0n) is 15.5. The van der Waals surface area contributed by atoms with E-state index in [-0.39, 0.29) is 17.5 Å². The molecule has 0 radical (unpaired) electrons. The van der Waals surface area contributed by atoms with Gasteiger partial charge in [-0.1, -0.05) is 40.8 Å². The van der Waals surface area contributed by atoms with Gasteiger partial charge in [-0.2, -0.15) is 0 Å². The summed E-state index contributed by atoms with van der Waals surface area (Å²) < 4.78 is 15.9. The summed E-state index contributed by atoms with van der Waals surface area (Å²) in [5, 5.41) is 12.9. The number of aromatic nitrogens is 4. The molecule has 0 aliphatic rings. The van der Waals surface area contributed by atoms with Gasteiger partial charge in [0.25, 0.3) is 0 Å². The molecule has 1 amide bonds. The molecule has 2 heterocycles. The summed E-state index contributed by atoms with van der Waals surface area (Å²) in [6.45, 7) is 4.28. The highest BCUT2D eigenvalue weighted by molar-refractivity contribution is 7.99. The van der Waals surface area contributed by atoms with Gasteiger partial charge < -0.3 is 5.32 Å². The van der Waals surface area contributed by atoms with Gasteiger partial charge in [-0.3, -0.25) is 9.36 Å². The number of hydrogen-bond acceptors (Lipinski definition) is 6. The maximum Gasteiger partial charge on any atom is 0.236 e. The standard InChI is InChI=1S/C20H15ClFN5OS2/c1-2-9-27-18(12-3-5-13(21)6-4-12)25-26-20(27)29-11-17(28)24-19-23-15-8-7-14(22)10-16(15)30-19/h2-8,10H,1,9,11H2,(H,23,24,28). The van der Waals surface area contributed by atoms with Crippen LogP contribution in [-0.2, 0) is 11.3 Å². The normalized spacial score (nSPS) is 11.0. The number of carbonyl (C=O) groups is 1. The average Bonchev–Trinajstić information content (AvgIpc) is 3.30. The molecule has 1 N–H and O–H groups in total. The van der Waals surface area contributed by atoms with Gasteiger partial charge in [-0.15, -0.1) is 16.8 Å². The van der Waals surface area contributed by atoms with Gasteiger partial charge in [0.05, 0.1) is 16.0 Å². The molecule has 0 saturated carbocycles. The van der Waals surface area contributed by atoms with E-state index in [0.29, 0.717) is 37.9 Å². The number of thiazole rings is 1. The van der Waals surface area contributed by atoms with Crippen molar-refractivity contribution in [2.45, 2.75) is 11.7 Å². The minimum absolute atomic E-state index is 0.125. The van der Waals surface area contributed by atoms with E-state index in [0.717, 1.165) is 5.56 Å². The van der Waals surface area contributed by atoms with Crippen LogP contribution in [0.3, 0.4) is 0 Å². The van der Waals surface area contributed by atoms with Crippen LogP contribution >= 0.6 is 34.7 Å². The van der Waals surface area contributed by atoms with Crippen LogP contribution in [0.4, 0.5) is 9.52 Å². The van der Waals surface area contributed by atoms with E-state index in [1.165, 1.54) is 35.2 Å². The minimum atomic E-state index is -0.336. The highest BCUT2D eigenvalue weighted by Gasteiger charge is 2.16. The first-order valence-electron chi connectivity index (χ1n) is 8.82. The Hall–Kier alpha value is -2.75. The number of benzene rings is 2. The van der Waals surface area contributed by atoms with Gasteiger partial charge in [-0.05, 0) is 42.5 Å². The van der Waals surface area contributed by atoms with E-state index < -0.39 is 0 Å². The molecule has 30 heavy (non-hydrogen) atoms. The zero-order chi connectivity index (χ0) is 21.1. The molecule has 152 valence electrons. The topological polar surface area (TPSA) is 72.7 Å². The first-order chi connectivity index (χ1) is 14.5. The van der Waals surface area contributed by atoms with Gasteiger partial charge >= 0.3 is 0 Å². The van der Waals surface area contributed by atoms with Crippen molar-refractivity contribution in [3.8, 4) is 11.4 Å². The fourth-order valence-electron chi connectivity index (χ4n) is 2.74. The van der Waals surface area contributed by atoms with Crippen molar-refractivity contribution in [3.63, 3.8) is 0 Å². The van der Waals surface area contributed by atoms with Crippen LogP contribution in [0.2, 0.25) is 5.02 Å². The Labute approximate surface area is 184 Å². The van der Waals surface area contributed by atoms with Crippen molar-refractivity contribution in [1.82, 2.24) is 19.7 Å². The number of rotatable bonds is 7. The number of thioether (sulfide) groups is 1. The van der Waals surface area contributed by atoms with E-state index in [9.17, 15) is 9.18 Å². The quantitative estimate of drug-likeness (QED) is 0.301. The number of nitrogens with one attached hydrogen (secondary N) is 1. The molecule has 4 aromatic rings. The zero-order valence-corrected chi connectivity index (χ0v) is 17.9. The van der Waals surface area contributed by atoms with E-state index >= 15 is 0 Å². The van der Waals surface area contributed by atoms with Crippen LogP contribution in [0.15, 0.2) is 60.3 Å². The summed E-state index contributed by atoms with van der Waals surface area (Å²) in [6.07, 6.45) is 1.74. The summed E-state index contributed by atoms with van der Waals surface area (Å²) in [6, 6.07) is 11.6. The summed E-state index contributed by atoms with van der Waals surface area (Å²) in [7, 11) is 0. The van der Waals surface area contributed by atoms with Crippen LogP contribution in [0.1, 0.15) is 0 Å². The van der Waals surface area contributed by atoms with Crippen molar-refractivity contribution in [3.05, 3.63) is 66.0 Å². The Morgan fingerprint density at radius 3 is 2.83 bits per heavy atom. The summed E-state index contributed by atoms with van der Waals surface area (Å²) in [5.74, 6) is 0.223. The number of amides is 1. The van der Waals surface area contributed by atoms with Gasteiger partial charge in [0.2, 0.25) is 5.91 Å². The third kappa shape index (κ3) is 4.53. The number of halogens is 2. The van der Waals surface area contributed by atoms with Crippen molar-refractivity contribution in [2.75, 3.05) is 11.1 Å². The number of fused-ring (bicyclic) bond motifs is 1. The lowest BCUT2D eigenvalue weighted by Gasteiger charge is -2.07. The number of hydrogen-bond donors (Lipinski definition) is 1. The average molecular weight is 460 g/mol. The Morgan fingerprint density at radius 1 is 1.27 bits per heavy atom. The van der Waals surface area contributed by atoms with Crippen LogP contribution in [-0.4, -0.2) is 31.4 Å². The van der Waals surface area contributed by atoms with E-state index in [4.69, 9.17) is 11.6 Å². The molecule has 0 aliphatic carbocycles. The Morgan fingerprint density at radius 2 is 2.07 bits per heavy atom. The lowest BCUT2D eigenvalue weighted by atomic mass is 10.2. The SMILES string of the molecule is C=CCn1c(SCC(=O)Nc2nc3ccc(F)cc3s2)nnc1-c1ccc(Cl)cc1. The molecule has 4 rings (SSSR count). The molecule has 0 saturated heterocycles. The highest BCUT2D eigenvalue weighted by atomic mass is 35.5. The first kappa shape index (κ1) is 20.5. The largest absolute Gasteiger partial charge is 0.301 e. The number of carbonyl (C=O) groups excluding carboxylic acids is 1. The van der Waals surface area contributed by atoms with Crippen molar-refractivity contribution < 1.29 is 9.18 Å². The fraction of sp³-hybridized carbons (Fsp3) is 0.100. The van der Waals surface area contributed by atoms with Crippen LogP contribution in [0, 0.1) is 5.82 Å². The van der Waals surface area contributed by atoms with Gasteiger partial charge in [0.1, 0.15) is 5.82 Å². The molecule has 10 heteroatoms. The van der Waals surface area contributed by atoms with Gasteiger partial charge in [0, 0.05) is 17.1 Å². The summed E-state index contributed by atoms with van der Waals surface area (Å²) in [5.41, 5.74) is 1.51. The van der Waals surface area contributed by atoms with E-state index in [1.807, 2.05) is 16.7 Å². The molecule has 2 aromatic heterocycles. The number of allylic oxidation sites excluding steroid dienone is 1. The van der Waals surface area contributed by atoms with Crippen LogP contribution < -0.4 is 5.32 Å². The van der Waals surface area contributed by atoms with Crippen molar-refractivity contribution in [1.29, 1.82) is 0 Å². The molecule has 0 fully saturated rings. The highest BCUT2D eigenvalue weighted by Crippen LogP contribution is 2.28. The fourth-order valence-corrected chi connectivity index (χ4v) is 4.52. The Balaban J connectivity index is 1.46. The second-order valence-corrected chi connectivity index (χ2v) is 8.59. The lowest BCUT2D eigenvalue weighted by Crippen LogP contribution is -2.14. The predicted octanol–water partition coefficient (Wildman–Crippen LogP) is 5.26. The molecule has 0 bridgehead atoms. The molecule has 0 spiro atoms. The van der Waals surface area contributed by atoms with E-state index in [2.05, 4.69) is 27.1 Å². The summed E-state index contributed by atoms with van der Waals surface area (Å²) >= 11 is 8.45. The maximum absolute atomic E-state index is 13.3. The Kier molecular flexibility index (Phi) is 6.12. The number of nitrogens with zero attached hydrogens (tertiary/aromatic N) is 4. The smallest absolute Gasteiger partial charge is 0.236 e. The molecule has 6 nitrogen and oxygen atoms in total. The molecular formula is C20H15ClFN5OS2. The monoisotopic (exact) mass is 459 g/mol. The molecule has 0 unspecified atom stereocenters. The lowest BCUT2D eigenvalue weighted by molar-refractivity contribution is -0.113. The third-order valence-corrected chi connectivity index (χ3v) is 6.21. The van der Waals surface area contributed by atoms with Crippen molar-refractivity contribution in [2.24, 2.45) is 0 Å². The molecular weight excluding hydrogens is 445 g/mol. The minimum Gasteiger partial charge on any atom is -0.301 e. The van der Waals surface area contributed by atoms with Crippen LogP contribution in [0.25, 0.3) is 21.6 Å². The first-order valence-corrected chi connectivity index (χ1v) is 11.0. The second kappa shape index (κ2) is 8.95. The third-order valence-electron chi connectivity index (χ3n) is 4.06. The van der Waals surface area contributed by atoms with Gasteiger partial charge in [-0.25, -0.2) is 9.37 Å². The predicted molar refractivity (Wildman–Crippen MR) is 120 cm³/mol. The van der Waals surface area contributed by atoms with E-state index in [1.54, 1.807) is 24.3 Å². The van der Waals surface area contributed by atoms with Crippen molar-refractivity contribution >= 4 is 56.0 Å². The second-order valence-electron chi connectivity index (χ2n) is 6.18. The Bertz CT molecular complexity index is 1220. The van der Waals surface area contributed by atoms with Crippen LogP contribution in [0.5, 0.6) is 0 Å². The van der Waals surface area contributed by atoms with Gasteiger partial charge in [0.15, 0.2) is 16.1 Å². The maximum atomic E-state index is 13.3. The molecule has 0 aliphatic heterocycles. The molecule has 2 aromatic carbocycles. The number of anilines is 1.